The van der Waals surface area contributed by atoms with Crippen molar-refractivity contribution >= 4 is 51.3 Å². The van der Waals surface area contributed by atoms with E-state index >= 15 is 0 Å². The quantitative estimate of drug-likeness (QED) is 0.175. The van der Waals surface area contributed by atoms with Crippen LogP contribution in [0.3, 0.4) is 0 Å². The predicted octanol–water partition coefficient (Wildman–Crippen LogP) is 11.2. The molecule has 1 atom stereocenters. The van der Waals surface area contributed by atoms with E-state index in [0.29, 0.717) is 5.92 Å². The zero-order chi connectivity index (χ0) is 35.3. The molecule has 11 rings (SSSR count). The molecule has 4 aliphatic rings. The van der Waals surface area contributed by atoms with Gasteiger partial charge in [0.1, 0.15) is 0 Å². The van der Waals surface area contributed by atoms with Crippen molar-refractivity contribution in [3.63, 3.8) is 0 Å². The maximum atomic E-state index is 2.60. The van der Waals surface area contributed by atoms with Crippen molar-refractivity contribution in [3.8, 4) is 16.8 Å². The SMILES string of the molecule is CC1(C)c2ccccc2-c2cc(-n3c4c(c5ccccc53)C=C(C3C=c5c(n(C6=CC=C(c7ccccc7)CC6)c6ccccc56)=CC3)CC4)ccc21. The summed E-state index contributed by atoms with van der Waals surface area (Å²) in [6.45, 7) is 4.73. The highest BCUT2D eigenvalue weighted by molar-refractivity contribution is 5.95. The molecule has 0 saturated heterocycles. The molecule has 1 unspecified atom stereocenters. The van der Waals surface area contributed by atoms with Crippen molar-refractivity contribution in [2.45, 2.75) is 51.4 Å². The minimum atomic E-state index is 0.0102. The van der Waals surface area contributed by atoms with Crippen LogP contribution in [0.2, 0.25) is 0 Å². The first-order chi connectivity index (χ1) is 26.0. The zero-order valence-corrected chi connectivity index (χ0v) is 30.4. The van der Waals surface area contributed by atoms with Gasteiger partial charge in [-0.25, -0.2) is 0 Å². The van der Waals surface area contributed by atoms with E-state index in [-0.39, 0.29) is 5.41 Å². The molecule has 53 heavy (non-hydrogen) atoms. The van der Waals surface area contributed by atoms with Gasteiger partial charge in [0.15, 0.2) is 0 Å². The second-order valence-electron chi connectivity index (χ2n) is 15.9. The molecule has 0 amide bonds. The molecule has 0 radical (unpaired) electrons. The summed E-state index contributed by atoms with van der Waals surface area (Å²) in [5.74, 6) is 0.390. The highest BCUT2D eigenvalue weighted by Crippen LogP contribution is 2.49. The zero-order valence-electron chi connectivity index (χ0n) is 30.4. The first-order valence-corrected chi connectivity index (χ1v) is 19.4. The second kappa shape index (κ2) is 11.6. The van der Waals surface area contributed by atoms with E-state index in [0.717, 1.165) is 32.1 Å². The predicted molar refractivity (Wildman–Crippen MR) is 223 cm³/mol. The average molecular weight is 683 g/mol. The van der Waals surface area contributed by atoms with Gasteiger partial charge < -0.3 is 9.13 Å². The third-order valence-corrected chi connectivity index (χ3v) is 12.7. The van der Waals surface area contributed by atoms with Crippen molar-refractivity contribution in [1.29, 1.82) is 0 Å². The monoisotopic (exact) mass is 682 g/mol. The Morgan fingerprint density at radius 1 is 0.623 bits per heavy atom. The number of nitrogens with zero attached hydrogens (tertiary/aromatic N) is 2. The van der Waals surface area contributed by atoms with Gasteiger partial charge in [0.05, 0.1) is 11.0 Å². The lowest BCUT2D eigenvalue weighted by Gasteiger charge is -2.24. The van der Waals surface area contributed by atoms with Crippen LogP contribution in [0.1, 0.15) is 67.5 Å². The smallest absolute Gasteiger partial charge is 0.0537 e. The lowest BCUT2D eigenvalue weighted by atomic mass is 9.82. The van der Waals surface area contributed by atoms with E-state index in [4.69, 9.17) is 0 Å². The molecule has 2 heterocycles. The Morgan fingerprint density at radius 3 is 2.19 bits per heavy atom. The fourth-order valence-corrected chi connectivity index (χ4v) is 10.1. The number of fused-ring (bicyclic) bond motifs is 9. The highest BCUT2D eigenvalue weighted by atomic mass is 15.0. The third kappa shape index (κ3) is 4.58. The molecule has 7 aromatic rings. The summed E-state index contributed by atoms with van der Waals surface area (Å²) in [4.78, 5) is 0. The molecule has 0 aliphatic heterocycles. The number of benzene rings is 5. The summed E-state index contributed by atoms with van der Waals surface area (Å²) in [6.07, 6.45) is 17.6. The third-order valence-electron chi connectivity index (χ3n) is 12.7. The molecule has 0 spiro atoms. The Morgan fingerprint density at radius 2 is 1.36 bits per heavy atom. The molecule has 4 aliphatic carbocycles. The van der Waals surface area contributed by atoms with Gasteiger partial charge >= 0.3 is 0 Å². The van der Waals surface area contributed by atoms with Crippen molar-refractivity contribution in [3.05, 3.63) is 178 Å². The molecule has 2 aromatic heterocycles. The van der Waals surface area contributed by atoms with Crippen molar-refractivity contribution in [2.75, 3.05) is 0 Å². The van der Waals surface area contributed by atoms with Crippen LogP contribution in [0.5, 0.6) is 0 Å². The molecule has 0 saturated carbocycles. The van der Waals surface area contributed by atoms with E-state index in [1.54, 1.807) is 5.57 Å². The van der Waals surface area contributed by atoms with E-state index in [1.165, 1.54) is 88.4 Å². The van der Waals surface area contributed by atoms with Crippen LogP contribution < -0.4 is 10.6 Å². The lowest BCUT2D eigenvalue weighted by Crippen LogP contribution is -2.33. The van der Waals surface area contributed by atoms with Crippen LogP contribution in [0.25, 0.3) is 68.1 Å². The molecular formula is C51H42N2. The first-order valence-electron chi connectivity index (χ1n) is 19.4. The maximum absolute atomic E-state index is 2.60. The number of para-hydroxylation sites is 2. The van der Waals surface area contributed by atoms with Crippen molar-refractivity contribution < 1.29 is 0 Å². The Labute approximate surface area is 311 Å². The van der Waals surface area contributed by atoms with E-state index in [1.807, 2.05) is 0 Å². The van der Waals surface area contributed by atoms with Crippen LogP contribution in [0, 0.1) is 5.92 Å². The Kier molecular flexibility index (Phi) is 6.71. The number of rotatable bonds is 4. The minimum absolute atomic E-state index is 0.0102. The number of allylic oxidation sites excluding steroid dienone is 5. The number of hydrogen-bond donors (Lipinski definition) is 0. The lowest BCUT2D eigenvalue weighted by molar-refractivity contribution is 0.660. The van der Waals surface area contributed by atoms with E-state index < -0.39 is 0 Å². The molecular weight excluding hydrogens is 641 g/mol. The summed E-state index contributed by atoms with van der Waals surface area (Å²) in [5, 5.41) is 5.47. The van der Waals surface area contributed by atoms with E-state index in [2.05, 4.69) is 175 Å². The summed E-state index contributed by atoms with van der Waals surface area (Å²) < 4.78 is 5.11. The Balaban J connectivity index is 1.00. The van der Waals surface area contributed by atoms with Gasteiger partial charge in [-0.3, -0.25) is 0 Å². The average Bonchev–Trinajstić information content (AvgIpc) is 3.81. The van der Waals surface area contributed by atoms with E-state index in [9.17, 15) is 0 Å². The molecule has 0 fully saturated rings. The van der Waals surface area contributed by atoms with Gasteiger partial charge in [0.2, 0.25) is 0 Å². The number of hydrogen-bond acceptors (Lipinski definition) is 0. The van der Waals surface area contributed by atoms with Gasteiger partial charge in [-0.2, -0.15) is 0 Å². The van der Waals surface area contributed by atoms with Crippen LogP contribution in [0.4, 0.5) is 0 Å². The summed E-state index contributed by atoms with van der Waals surface area (Å²) in [5.41, 5.74) is 18.0. The molecule has 0 bridgehead atoms. The first kappa shape index (κ1) is 30.7. The number of aromatic nitrogens is 2. The van der Waals surface area contributed by atoms with Crippen LogP contribution >= 0.6 is 0 Å². The fourth-order valence-electron chi connectivity index (χ4n) is 10.1. The fraction of sp³-hybridized carbons (Fsp3) is 0.176. The molecule has 2 heteroatoms. The van der Waals surface area contributed by atoms with Crippen molar-refractivity contribution in [2.24, 2.45) is 5.92 Å². The van der Waals surface area contributed by atoms with Gasteiger partial charge in [0, 0.05) is 55.3 Å². The molecule has 2 nitrogen and oxygen atoms in total. The highest BCUT2D eigenvalue weighted by Gasteiger charge is 2.35. The normalized spacial score (nSPS) is 18.2. The largest absolute Gasteiger partial charge is 0.313 e. The summed E-state index contributed by atoms with van der Waals surface area (Å²) in [6, 6.07) is 45.1. The topological polar surface area (TPSA) is 9.86 Å². The molecule has 0 N–H and O–H groups in total. The van der Waals surface area contributed by atoms with Crippen LogP contribution in [-0.4, -0.2) is 9.13 Å². The second-order valence-corrected chi connectivity index (χ2v) is 15.9. The Bertz CT molecular complexity index is 2880. The standard InChI is InChI=1S/C51H42N2/c1-51(2)45-17-9-6-14-39(45)42-32-38(26-27-46(42)51)53-48-19-11-8-16-41(48)44-31-36(23-29-50(44)53)35-22-28-49-43(30-35)40-15-7-10-18-47(40)52(49)37-24-20-34(21-25-37)33-12-4-3-5-13-33/h3-20,24,26-28,30-32,35H,21-23,25,29H2,1-2H3. The van der Waals surface area contributed by atoms with Gasteiger partial charge in [0.25, 0.3) is 0 Å². The minimum Gasteiger partial charge on any atom is -0.313 e. The van der Waals surface area contributed by atoms with Gasteiger partial charge in [-0.15, -0.1) is 0 Å². The Hall–Kier alpha value is -5.86. The van der Waals surface area contributed by atoms with Crippen LogP contribution in [-0.2, 0) is 11.8 Å². The molecule has 5 aromatic carbocycles. The van der Waals surface area contributed by atoms with Crippen LogP contribution in [0.15, 0.2) is 139 Å². The van der Waals surface area contributed by atoms with Gasteiger partial charge in [-0.1, -0.05) is 141 Å². The molecule has 256 valence electrons. The van der Waals surface area contributed by atoms with Crippen molar-refractivity contribution in [1.82, 2.24) is 9.13 Å². The summed E-state index contributed by atoms with van der Waals surface area (Å²) in [7, 11) is 0. The van der Waals surface area contributed by atoms with Gasteiger partial charge in [-0.05, 0) is 95.8 Å². The maximum Gasteiger partial charge on any atom is 0.0537 e. The summed E-state index contributed by atoms with van der Waals surface area (Å²) >= 11 is 0.